The van der Waals surface area contributed by atoms with Crippen LogP contribution in [0, 0.1) is 0 Å². The molecule has 0 aliphatic carbocycles. The molecular formula is C24H22Cl2F3N3O. The quantitative estimate of drug-likeness (QED) is 0.461. The summed E-state index contributed by atoms with van der Waals surface area (Å²) in [5.41, 5.74) is 9.16. The molecule has 2 atom stereocenters. The van der Waals surface area contributed by atoms with Crippen molar-refractivity contribution in [1.82, 2.24) is 4.98 Å². The number of hydrogen-bond acceptors (Lipinski definition) is 4. The third kappa shape index (κ3) is 5.11. The summed E-state index contributed by atoms with van der Waals surface area (Å²) in [6.07, 6.45) is -0.537. The molecule has 0 bridgehead atoms. The first-order valence-electron chi connectivity index (χ1n) is 10.3. The zero-order chi connectivity index (χ0) is 23.8. The highest BCUT2D eigenvalue weighted by Crippen LogP contribution is 2.42. The number of piperidine rings is 1. The van der Waals surface area contributed by atoms with Crippen molar-refractivity contribution in [2.45, 2.75) is 24.7 Å². The van der Waals surface area contributed by atoms with Crippen molar-refractivity contribution in [2.75, 3.05) is 25.1 Å². The zero-order valence-electron chi connectivity index (χ0n) is 17.7. The molecule has 9 heteroatoms. The van der Waals surface area contributed by atoms with Gasteiger partial charge in [-0.3, -0.25) is 4.98 Å². The third-order valence-corrected chi connectivity index (χ3v) is 6.28. The van der Waals surface area contributed by atoms with Crippen LogP contribution in [0.1, 0.15) is 12.0 Å². The molecule has 1 aliphatic rings. The Hall–Kier alpha value is -2.32. The summed E-state index contributed by atoms with van der Waals surface area (Å²) in [6, 6.07) is 10.2. The molecular weight excluding hydrogens is 474 g/mol. The first kappa shape index (κ1) is 23.8. The van der Waals surface area contributed by atoms with Gasteiger partial charge in [-0.25, -0.2) is 0 Å². The second-order valence-electron chi connectivity index (χ2n) is 7.99. The lowest BCUT2D eigenvalue weighted by Gasteiger charge is -2.39. The van der Waals surface area contributed by atoms with Crippen LogP contribution in [0.3, 0.4) is 0 Å². The largest absolute Gasteiger partial charge is 0.416 e. The summed E-state index contributed by atoms with van der Waals surface area (Å²) in [5.74, 6) is 0. The molecule has 1 fully saturated rings. The summed E-state index contributed by atoms with van der Waals surface area (Å²) >= 11 is 12.5. The van der Waals surface area contributed by atoms with Crippen molar-refractivity contribution < 1.29 is 17.9 Å². The second-order valence-corrected chi connectivity index (χ2v) is 8.86. The molecule has 0 spiro atoms. The Bertz CT molecular complexity index is 1120. The van der Waals surface area contributed by atoms with Gasteiger partial charge in [0.2, 0.25) is 0 Å². The van der Waals surface area contributed by atoms with Crippen LogP contribution in [-0.4, -0.2) is 37.3 Å². The van der Waals surface area contributed by atoms with Crippen molar-refractivity contribution in [3.8, 4) is 22.3 Å². The van der Waals surface area contributed by atoms with E-state index in [1.54, 1.807) is 37.7 Å². The highest BCUT2D eigenvalue weighted by molar-refractivity contribution is 6.35. The fourth-order valence-corrected chi connectivity index (χ4v) is 4.68. The first-order chi connectivity index (χ1) is 15.7. The summed E-state index contributed by atoms with van der Waals surface area (Å²) in [5, 5.41) is 0.942. The molecule has 174 valence electrons. The highest BCUT2D eigenvalue weighted by atomic mass is 35.5. The lowest BCUT2D eigenvalue weighted by atomic mass is 9.94. The monoisotopic (exact) mass is 495 g/mol. The first-order valence-corrected chi connectivity index (χ1v) is 11.1. The number of nitrogens with two attached hydrogens (primary N) is 1. The normalized spacial score (nSPS) is 19.1. The number of pyridine rings is 1. The maximum absolute atomic E-state index is 13.1. The SMILES string of the molecule is CO[C@@H]1CN(c2c(-c3ccc(C(F)(F)F)cc3)cncc2-c2cc(Cl)cc(Cl)c2)CC[C@@H]1N. The summed E-state index contributed by atoms with van der Waals surface area (Å²) < 4.78 is 44.9. The molecule has 0 radical (unpaired) electrons. The molecule has 0 unspecified atom stereocenters. The molecule has 1 aliphatic heterocycles. The van der Waals surface area contributed by atoms with E-state index >= 15 is 0 Å². The van der Waals surface area contributed by atoms with Crippen LogP contribution in [0.25, 0.3) is 22.3 Å². The molecule has 0 amide bonds. The molecule has 0 saturated carbocycles. The summed E-state index contributed by atoms with van der Waals surface area (Å²) in [4.78, 5) is 6.52. The average Bonchev–Trinajstić information content (AvgIpc) is 2.78. The smallest absolute Gasteiger partial charge is 0.378 e. The minimum atomic E-state index is -4.41. The van der Waals surface area contributed by atoms with E-state index in [1.807, 2.05) is 0 Å². The number of ether oxygens (including phenoxy) is 1. The topological polar surface area (TPSA) is 51.4 Å². The third-order valence-electron chi connectivity index (χ3n) is 5.84. The van der Waals surface area contributed by atoms with E-state index in [4.69, 9.17) is 33.7 Å². The summed E-state index contributed by atoms with van der Waals surface area (Å²) in [6.45, 7) is 1.18. The van der Waals surface area contributed by atoms with Crippen LogP contribution in [0.15, 0.2) is 54.9 Å². The van der Waals surface area contributed by atoms with Crippen molar-refractivity contribution in [3.05, 3.63) is 70.5 Å². The minimum Gasteiger partial charge on any atom is -0.378 e. The van der Waals surface area contributed by atoms with Crippen LogP contribution in [-0.2, 0) is 10.9 Å². The number of nitrogens with zero attached hydrogens (tertiary/aromatic N) is 2. The Morgan fingerprint density at radius 3 is 2.18 bits per heavy atom. The van der Waals surface area contributed by atoms with Crippen molar-refractivity contribution in [1.29, 1.82) is 0 Å². The van der Waals surface area contributed by atoms with Gasteiger partial charge in [0.25, 0.3) is 0 Å². The maximum atomic E-state index is 13.1. The maximum Gasteiger partial charge on any atom is 0.416 e. The van der Waals surface area contributed by atoms with Gasteiger partial charge in [-0.15, -0.1) is 0 Å². The van der Waals surface area contributed by atoms with E-state index in [-0.39, 0.29) is 12.1 Å². The van der Waals surface area contributed by atoms with Crippen LogP contribution < -0.4 is 10.6 Å². The van der Waals surface area contributed by atoms with Crippen LogP contribution in [0.4, 0.5) is 18.9 Å². The standard InChI is InChI=1S/C24H22Cl2F3N3O/c1-33-22-13-32(7-6-21(22)30)23-19(14-2-4-16(5-3-14)24(27,28)29)11-31-12-20(23)15-8-17(25)10-18(26)9-15/h2-5,8-12,21-22H,6-7,13,30H2,1H3/t21-,22+/m0/s1. The molecule has 1 saturated heterocycles. The van der Waals surface area contributed by atoms with Gasteiger partial charge < -0.3 is 15.4 Å². The molecule has 4 rings (SSSR count). The van der Waals surface area contributed by atoms with E-state index in [0.717, 1.165) is 28.9 Å². The molecule has 4 nitrogen and oxygen atoms in total. The molecule has 3 aromatic rings. The Balaban J connectivity index is 1.88. The molecule has 33 heavy (non-hydrogen) atoms. The van der Waals surface area contributed by atoms with Crippen LogP contribution in [0.5, 0.6) is 0 Å². The fraction of sp³-hybridized carbons (Fsp3) is 0.292. The van der Waals surface area contributed by atoms with Gasteiger partial charge in [0.15, 0.2) is 0 Å². The van der Waals surface area contributed by atoms with Crippen molar-refractivity contribution >= 4 is 28.9 Å². The second kappa shape index (κ2) is 9.50. The van der Waals surface area contributed by atoms with E-state index in [2.05, 4.69) is 9.88 Å². The van der Waals surface area contributed by atoms with Gasteiger partial charge in [0, 0.05) is 59.8 Å². The Kier molecular flexibility index (Phi) is 6.86. The number of halogens is 5. The Labute approximate surface area is 200 Å². The van der Waals surface area contributed by atoms with Gasteiger partial charge in [-0.05, 0) is 47.9 Å². The lowest BCUT2D eigenvalue weighted by molar-refractivity contribution is -0.137. The van der Waals surface area contributed by atoms with Gasteiger partial charge >= 0.3 is 6.18 Å². The number of hydrogen-bond donors (Lipinski definition) is 1. The lowest BCUT2D eigenvalue weighted by Crippen LogP contribution is -2.51. The van der Waals surface area contributed by atoms with E-state index in [1.165, 1.54) is 12.1 Å². The van der Waals surface area contributed by atoms with E-state index in [9.17, 15) is 13.2 Å². The number of benzene rings is 2. The van der Waals surface area contributed by atoms with Crippen molar-refractivity contribution in [2.24, 2.45) is 5.73 Å². The predicted molar refractivity (Wildman–Crippen MR) is 126 cm³/mol. The fourth-order valence-electron chi connectivity index (χ4n) is 4.15. The average molecular weight is 496 g/mol. The van der Waals surface area contributed by atoms with E-state index < -0.39 is 11.7 Å². The van der Waals surface area contributed by atoms with Crippen molar-refractivity contribution in [3.63, 3.8) is 0 Å². The zero-order valence-corrected chi connectivity index (χ0v) is 19.3. The van der Waals surface area contributed by atoms with Crippen LogP contribution >= 0.6 is 23.2 Å². The predicted octanol–water partition coefficient (Wildman–Crippen LogP) is 6.29. The number of rotatable bonds is 4. The number of methoxy groups -OCH3 is 1. The Morgan fingerprint density at radius 2 is 1.61 bits per heavy atom. The number of alkyl halides is 3. The van der Waals surface area contributed by atoms with Gasteiger partial charge in [0.1, 0.15) is 0 Å². The number of anilines is 1. The summed E-state index contributed by atoms with van der Waals surface area (Å²) in [7, 11) is 1.62. The molecule has 2 heterocycles. The minimum absolute atomic E-state index is 0.105. The molecule has 1 aromatic heterocycles. The van der Waals surface area contributed by atoms with Crippen LogP contribution in [0.2, 0.25) is 10.0 Å². The molecule has 2 aromatic carbocycles. The molecule has 2 N–H and O–H groups in total. The highest BCUT2D eigenvalue weighted by Gasteiger charge is 2.32. The van der Waals surface area contributed by atoms with E-state index in [0.29, 0.717) is 40.7 Å². The van der Waals surface area contributed by atoms with Gasteiger partial charge in [0.05, 0.1) is 17.4 Å². The number of aromatic nitrogens is 1. The van der Waals surface area contributed by atoms with Gasteiger partial charge in [-0.2, -0.15) is 13.2 Å². The van der Waals surface area contributed by atoms with Gasteiger partial charge in [-0.1, -0.05) is 35.3 Å². The Morgan fingerprint density at radius 1 is 1.00 bits per heavy atom.